The fraction of sp³-hybridized carbons (Fsp3) is 0.606. The number of H-pyrrole nitrogens is 1. The van der Waals surface area contributed by atoms with Crippen LogP contribution in [0.5, 0.6) is 0 Å². The van der Waals surface area contributed by atoms with Crippen LogP contribution in [0.3, 0.4) is 0 Å². The lowest BCUT2D eigenvalue weighted by Gasteiger charge is -2.57. The maximum Gasteiger partial charge on any atom is 0.306 e. The van der Waals surface area contributed by atoms with Gasteiger partial charge in [0.2, 0.25) is 5.91 Å². The number of aromatic amines is 1. The number of carbonyl (C=O) groups excluding carboxylic acids is 3. The predicted octanol–water partition coefficient (Wildman–Crippen LogP) is 6.05. The number of fused-ring (bicyclic) bond motifs is 6. The van der Waals surface area contributed by atoms with Gasteiger partial charge in [0.05, 0.1) is 6.42 Å². The fourth-order valence-corrected chi connectivity index (χ4v) is 8.90. The number of aromatic nitrogens is 1. The minimum Gasteiger partial charge on any atom is -0.462 e. The highest BCUT2D eigenvalue weighted by molar-refractivity contribution is 5.91. The molecule has 6 rings (SSSR count). The molecule has 2 N–H and O–H groups in total. The summed E-state index contributed by atoms with van der Waals surface area (Å²) in [7, 11) is 0. The topological polar surface area (TPSA) is 88.3 Å². The van der Waals surface area contributed by atoms with Gasteiger partial charge in [-0.2, -0.15) is 0 Å². The minimum atomic E-state index is -0.248. The monoisotopic (exact) mass is 530 g/mol. The number of benzene rings is 1. The van der Waals surface area contributed by atoms with Crippen LogP contribution in [0.4, 0.5) is 0 Å². The van der Waals surface area contributed by atoms with Gasteiger partial charge in [-0.1, -0.05) is 37.6 Å². The zero-order valence-corrected chi connectivity index (χ0v) is 23.4. The number of ether oxygens (including phenoxy) is 1. The summed E-state index contributed by atoms with van der Waals surface area (Å²) in [6.45, 7) is 5.29. The molecule has 1 heterocycles. The standard InChI is InChI=1S/C33H42N2O4/c1-32-16-13-23(36)19-22(32)7-8-25-26-9-10-29(33(26,2)17-14-27(25)32)39-31(38)12-11-30(37)34-18-15-21-20-35-28-6-4-3-5-24(21)28/h3-6,19-20,25-27,29,35H,7-18H2,1-2H3,(H,34,37)/t25-,26-,27-,29+,32+,33+/m1/s1. The Morgan fingerprint density at radius 3 is 2.74 bits per heavy atom. The third-order valence-electron chi connectivity index (χ3n) is 11.1. The van der Waals surface area contributed by atoms with E-state index in [1.54, 1.807) is 0 Å². The van der Waals surface area contributed by atoms with E-state index in [1.807, 2.05) is 30.5 Å². The number of carbonyl (C=O) groups is 3. The largest absolute Gasteiger partial charge is 0.462 e. The number of amides is 1. The Morgan fingerprint density at radius 1 is 1.03 bits per heavy atom. The van der Waals surface area contributed by atoms with Crippen molar-refractivity contribution in [3.63, 3.8) is 0 Å². The molecule has 4 aliphatic carbocycles. The van der Waals surface area contributed by atoms with Gasteiger partial charge in [0.25, 0.3) is 0 Å². The van der Waals surface area contributed by atoms with E-state index in [1.165, 1.54) is 16.5 Å². The smallest absolute Gasteiger partial charge is 0.306 e. The second-order valence-electron chi connectivity index (χ2n) is 13.0. The molecule has 0 aliphatic heterocycles. The zero-order chi connectivity index (χ0) is 27.2. The number of para-hydroxylation sites is 1. The van der Waals surface area contributed by atoms with Gasteiger partial charge >= 0.3 is 5.97 Å². The highest BCUT2D eigenvalue weighted by Gasteiger charge is 2.59. The molecule has 4 aliphatic rings. The van der Waals surface area contributed by atoms with Crippen LogP contribution in [-0.4, -0.2) is 35.3 Å². The van der Waals surface area contributed by atoms with E-state index >= 15 is 0 Å². The minimum absolute atomic E-state index is 0.0144. The molecule has 2 aromatic rings. The fourth-order valence-electron chi connectivity index (χ4n) is 8.90. The van der Waals surface area contributed by atoms with Crippen molar-refractivity contribution >= 4 is 28.6 Å². The summed E-state index contributed by atoms with van der Waals surface area (Å²) in [6, 6.07) is 8.15. The summed E-state index contributed by atoms with van der Waals surface area (Å²) in [6.07, 6.45) is 13.1. The Kier molecular flexibility index (Phi) is 6.93. The number of rotatable bonds is 7. The quantitative estimate of drug-likeness (QED) is 0.427. The maximum absolute atomic E-state index is 12.8. The van der Waals surface area contributed by atoms with E-state index in [0.29, 0.717) is 36.5 Å². The first-order chi connectivity index (χ1) is 18.8. The molecule has 3 fully saturated rings. The molecule has 0 bridgehead atoms. The van der Waals surface area contributed by atoms with Crippen molar-refractivity contribution in [2.45, 2.75) is 90.6 Å². The number of esters is 1. The summed E-state index contributed by atoms with van der Waals surface area (Å²) < 4.78 is 6.09. The number of allylic oxidation sites excluding steroid dienone is 1. The second-order valence-corrected chi connectivity index (χ2v) is 13.0. The summed E-state index contributed by atoms with van der Waals surface area (Å²) in [5, 5.41) is 4.14. The van der Waals surface area contributed by atoms with Crippen LogP contribution in [0.2, 0.25) is 0 Å². The van der Waals surface area contributed by atoms with E-state index in [0.717, 1.165) is 56.9 Å². The van der Waals surface area contributed by atoms with E-state index < -0.39 is 0 Å². The molecule has 0 radical (unpaired) electrons. The molecular weight excluding hydrogens is 488 g/mol. The summed E-state index contributed by atoms with van der Waals surface area (Å²) in [5.41, 5.74) is 3.85. The Morgan fingerprint density at radius 2 is 1.87 bits per heavy atom. The van der Waals surface area contributed by atoms with Crippen LogP contribution >= 0.6 is 0 Å². The predicted molar refractivity (Wildman–Crippen MR) is 151 cm³/mol. The van der Waals surface area contributed by atoms with Crippen molar-refractivity contribution in [3.8, 4) is 0 Å². The second kappa shape index (κ2) is 10.3. The average Bonchev–Trinajstić information content (AvgIpc) is 3.48. The number of ketones is 1. The highest BCUT2D eigenvalue weighted by Crippen LogP contribution is 2.65. The van der Waals surface area contributed by atoms with Gasteiger partial charge in [-0.3, -0.25) is 14.4 Å². The van der Waals surface area contributed by atoms with Crippen LogP contribution in [0.15, 0.2) is 42.1 Å². The molecule has 0 saturated heterocycles. The first-order valence-corrected chi connectivity index (χ1v) is 15.0. The van der Waals surface area contributed by atoms with Gasteiger partial charge in [-0.05, 0) is 92.2 Å². The van der Waals surface area contributed by atoms with Crippen LogP contribution in [0.25, 0.3) is 10.9 Å². The summed E-state index contributed by atoms with van der Waals surface area (Å²) >= 11 is 0. The van der Waals surface area contributed by atoms with Crippen molar-refractivity contribution in [2.24, 2.45) is 28.6 Å². The average molecular weight is 531 g/mol. The van der Waals surface area contributed by atoms with Crippen LogP contribution < -0.4 is 5.32 Å². The molecule has 1 amide bonds. The normalized spacial score (nSPS) is 33.6. The van der Waals surface area contributed by atoms with Crippen molar-refractivity contribution in [3.05, 3.63) is 47.7 Å². The Hall–Kier alpha value is -2.89. The molecule has 39 heavy (non-hydrogen) atoms. The molecule has 6 atom stereocenters. The van der Waals surface area contributed by atoms with Crippen molar-refractivity contribution in [1.29, 1.82) is 0 Å². The van der Waals surface area contributed by atoms with E-state index in [2.05, 4.69) is 30.2 Å². The third kappa shape index (κ3) is 4.74. The summed E-state index contributed by atoms with van der Waals surface area (Å²) in [4.78, 5) is 40.6. The molecule has 1 aromatic heterocycles. The SMILES string of the molecule is C[C@]12CC[C@@H]3[C@H](CCC4=CC(=O)CC[C@@]43C)[C@H]1CC[C@@H]2OC(=O)CCC(=O)NCCc1c[nH]c2ccccc12. The van der Waals surface area contributed by atoms with Gasteiger partial charge in [0, 0.05) is 41.9 Å². The maximum atomic E-state index is 12.8. The number of nitrogens with one attached hydrogen (secondary N) is 2. The molecule has 6 heteroatoms. The van der Waals surface area contributed by atoms with E-state index in [-0.39, 0.29) is 41.7 Å². The zero-order valence-electron chi connectivity index (χ0n) is 23.4. The Labute approximate surface area is 231 Å². The van der Waals surface area contributed by atoms with Crippen molar-refractivity contribution < 1.29 is 19.1 Å². The molecule has 0 spiro atoms. The van der Waals surface area contributed by atoms with Gasteiger partial charge < -0.3 is 15.0 Å². The van der Waals surface area contributed by atoms with Crippen molar-refractivity contribution in [1.82, 2.24) is 10.3 Å². The van der Waals surface area contributed by atoms with Crippen LogP contribution in [0.1, 0.15) is 83.6 Å². The molecule has 1 aromatic carbocycles. The lowest BCUT2D eigenvalue weighted by atomic mass is 9.47. The first-order valence-electron chi connectivity index (χ1n) is 15.0. The lowest BCUT2D eigenvalue weighted by Crippen LogP contribution is -2.51. The Bertz CT molecular complexity index is 1310. The lowest BCUT2D eigenvalue weighted by molar-refractivity contribution is -0.160. The molecular formula is C33H42N2O4. The number of hydrogen-bond donors (Lipinski definition) is 2. The van der Waals surface area contributed by atoms with Gasteiger partial charge in [-0.25, -0.2) is 0 Å². The van der Waals surface area contributed by atoms with Gasteiger partial charge in [0.1, 0.15) is 6.10 Å². The van der Waals surface area contributed by atoms with Crippen LogP contribution in [-0.2, 0) is 25.5 Å². The van der Waals surface area contributed by atoms with E-state index in [4.69, 9.17) is 4.74 Å². The molecule has 0 unspecified atom stereocenters. The van der Waals surface area contributed by atoms with Gasteiger partial charge in [0.15, 0.2) is 5.78 Å². The number of hydrogen-bond acceptors (Lipinski definition) is 4. The Balaban J connectivity index is 0.991. The molecule has 3 saturated carbocycles. The summed E-state index contributed by atoms with van der Waals surface area (Å²) in [5.74, 6) is 1.79. The van der Waals surface area contributed by atoms with E-state index in [9.17, 15) is 14.4 Å². The highest BCUT2D eigenvalue weighted by atomic mass is 16.5. The molecule has 208 valence electrons. The van der Waals surface area contributed by atoms with Gasteiger partial charge in [-0.15, -0.1) is 0 Å². The van der Waals surface area contributed by atoms with Crippen molar-refractivity contribution in [2.75, 3.05) is 6.54 Å². The first kappa shape index (κ1) is 26.3. The van der Waals surface area contributed by atoms with Crippen LogP contribution in [0, 0.1) is 28.6 Å². The molecule has 6 nitrogen and oxygen atoms in total. The third-order valence-corrected chi connectivity index (χ3v) is 11.1.